The lowest BCUT2D eigenvalue weighted by Crippen LogP contribution is -2.51. The zero-order valence-corrected chi connectivity index (χ0v) is 15.2. The molecule has 0 bridgehead atoms. The van der Waals surface area contributed by atoms with Crippen LogP contribution in [-0.2, 0) is 11.2 Å². The zero-order chi connectivity index (χ0) is 16.9. The first kappa shape index (κ1) is 19.2. The molecule has 1 saturated heterocycles. The molecule has 8 heteroatoms. The molecule has 0 aliphatic carbocycles. The topological polar surface area (TPSA) is 80.5 Å². The number of benzene rings is 1. The van der Waals surface area contributed by atoms with E-state index in [0.717, 1.165) is 30.9 Å². The Hall–Kier alpha value is -2.12. The number of hydrogen-bond donors (Lipinski definition) is 1. The Bertz CT molecular complexity index is 689. The summed E-state index contributed by atoms with van der Waals surface area (Å²) in [7, 11) is 1.62. The first-order chi connectivity index (χ1) is 11.7. The summed E-state index contributed by atoms with van der Waals surface area (Å²) in [5.41, 5.74) is 0.855. The van der Waals surface area contributed by atoms with Gasteiger partial charge in [-0.15, -0.1) is 12.4 Å². The van der Waals surface area contributed by atoms with Crippen LogP contribution in [0.2, 0.25) is 0 Å². The third kappa shape index (κ3) is 4.93. The maximum atomic E-state index is 12.3. The Balaban J connectivity index is 0.00000225. The molecule has 25 heavy (non-hydrogen) atoms. The number of aryl methyl sites for hydroxylation is 1. The second-order valence-corrected chi connectivity index (χ2v) is 5.94. The lowest BCUT2D eigenvalue weighted by Gasteiger charge is -2.31. The van der Waals surface area contributed by atoms with Gasteiger partial charge in [-0.05, 0) is 31.2 Å². The number of amides is 1. The van der Waals surface area contributed by atoms with E-state index in [2.05, 4.69) is 22.4 Å². The monoisotopic (exact) mass is 366 g/mol. The average Bonchev–Trinajstić information content (AvgIpc) is 3.09. The summed E-state index contributed by atoms with van der Waals surface area (Å²) in [6.45, 7) is 4.43. The van der Waals surface area contributed by atoms with Gasteiger partial charge in [0.25, 0.3) is 0 Å². The molecule has 3 rings (SSSR count). The number of piperazine rings is 1. The van der Waals surface area contributed by atoms with Crippen molar-refractivity contribution in [1.82, 2.24) is 20.4 Å². The number of hydrogen-bond acceptors (Lipinski definition) is 6. The summed E-state index contributed by atoms with van der Waals surface area (Å²) in [5.74, 6) is 1.92. The molecule has 1 aromatic carbocycles. The quantitative estimate of drug-likeness (QED) is 0.870. The number of carbonyl (C=O) groups excluding carboxylic acids is 1. The maximum absolute atomic E-state index is 12.3. The SMILES string of the molecule is COc1ccc(-c2noc(CCC(=O)N3CCNC(C)C3)n2)cc1.Cl. The van der Waals surface area contributed by atoms with Crippen LogP contribution < -0.4 is 10.1 Å². The van der Waals surface area contributed by atoms with Crippen molar-refractivity contribution in [1.29, 1.82) is 0 Å². The summed E-state index contributed by atoms with van der Waals surface area (Å²) in [6.07, 6.45) is 0.845. The fourth-order valence-electron chi connectivity index (χ4n) is 2.74. The number of ether oxygens (including phenoxy) is 1. The van der Waals surface area contributed by atoms with Gasteiger partial charge in [0.2, 0.25) is 17.6 Å². The van der Waals surface area contributed by atoms with Crippen molar-refractivity contribution in [3.8, 4) is 17.1 Å². The van der Waals surface area contributed by atoms with Crippen LogP contribution in [0.5, 0.6) is 5.75 Å². The first-order valence-electron chi connectivity index (χ1n) is 8.14. The van der Waals surface area contributed by atoms with Crippen LogP contribution in [0.4, 0.5) is 0 Å². The fraction of sp³-hybridized carbons (Fsp3) is 0.471. The summed E-state index contributed by atoms with van der Waals surface area (Å²) < 4.78 is 10.4. The molecule has 7 nitrogen and oxygen atoms in total. The Labute approximate surface area is 153 Å². The van der Waals surface area contributed by atoms with Gasteiger partial charge in [0.05, 0.1) is 7.11 Å². The molecule has 1 aromatic heterocycles. The predicted molar refractivity (Wildman–Crippen MR) is 95.9 cm³/mol. The first-order valence-corrected chi connectivity index (χ1v) is 8.14. The van der Waals surface area contributed by atoms with E-state index in [-0.39, 0.29) is 18.3 Å². The Kier molecular flexibility index (Phi) is 6.78. The van der Waals surface area contributed by atoms with Gasteiger partial charge in [0.15, 0.2) is 0 Å². The largest absolute Gasteiger partial charge is 0.497 e. The van der Waals surface area contributed by atoms with Crippen molar-refractivity contribution in [3.63, 3.8) is 0 Å². The molecule has 1 N–H and O–H groups in total. The Morgan fingerprint density at radius 2 is 2.16 bits per heavy atom. The molecule has 1 aliphatic rings. The van der Waals surface area contributed by atoms with Gasteiger partial charge in [0, 0.05) is 44.1 Å². The zero-order valence-electron chi connectivity index (χ0n) is 14.4. The Morgan fingerprint density at radius 3 is 2.84 bits per heavy atom. The number of nitrogens with zero attached hydrogens (tertiary/aromatic N) is 3. The highest BCUT2D eigenvalue weighted by Gasteiger charge is 2.21. The van der Waals surface area contributed by atoms with Gasteiger partial charge in [-0.1, -0.05) is 5.16 Å². The molecular formula is C17H23ClN4O3. The number of rotatable bonds is 5. The minimum Gasteiger partial charge on any atom is -0.497 e. The van der Waals surface area contributed by atoms with Gasteiger partial charge in [-0.3, -0.25) is 4.79 Å². The molecule has 0 saturated carbocycles. The van der Waals surface area contributed by atoms with E-state index in [0.29, 0.717) is 30.6 Å². The molecule has 0 spiro atoms. The van der Waals surface area contributed by atoms with Crippen LogP contribution in [0.15, 0.2) is 28.8 Å². The summed E-state index contributed by atoms with van der Waals surface area (Å²) in [6, 6.07) is 7.79. The maximum Gasteiger partial charge on any atom is 0.227 e. The van der Waals surface area contributed by atoms with Crippen LogP contribution in [0.1, 0.15) is 19.2 Å². The van der Waals surface area contributed by atoms with Crippen molar-refractivity contribution in [2.45, 2.75) is 25.8 Å². The van der Waals surface area contributed by atoms with E-state index in [1.165, 1.54) is 0 Å². The highest BCUT2D eigenvalue weighted by molar-refractivity contribution is 5.85. The molecular weight excluding hydrogens is 344 g/mol. The lowest BCUT2D eigenvalue weighted by molar-refractivity contribution is -0.132. The van der Waals surface area contributed by atoms with Gasteiger partial charge < -0.3 is 19.5 Å². The van der Waals surface area contributed by atoms with E-state index in [1.54, 1.807) is 7.11 Å². The number of methoxy groups -OCH3 is 1. The van der Waals surface area contributed by atoms with Gasteiger partial charge >= 0.3 is 0 Å². The summed E-state index contributed by atoms with van der Waals surface area (Å²) in [4.78, 5) is 18.5. The van der Waals surface area contributed by atoms with Crippen LogP contribution in [0, 0.1) is 0 Å². The molecule has 2 heterocycles. The minimum absolute atomic E-state index is 0. The van der Waals surface area contributed by atoms with Gasteiger partial charge in [-0.2, -0.15) is 4.98 Å². The molecule has 0 radical (unpaired) electrons. The minimum atomic E-state index is 0. The van der Waals surface area contributed by atoms with E-state index in [4.69, 9.17) is 9.26 Å². The van der Waals surface area contributed by atoms with E-state index < -0.39 is 0 Å². The summed E-state index contributed by atoms with van der Waals surface area (Å²) in [5, 5.41) is 7.31. The Morgan fingerprint density at radius 1 is 1.40 bits per heavy atom. The number of halogens is 1. The molecule has 1 fully saturated rings. The van der Waals surface area contributed by atoms with E-state index in [1.807, 2.05) is 29.2 Å². The second-order valence-electron chi connectivity index (χ2n) is 5.94. The van der Waals surface area contributed by atoms with E-state index >= 15 is 0 Å². The van der Waals surface area contributed by atoms with Crippen LogP contribution in [0.3, 0.4) is 0 Å². The molecule has 1 atom stereocenters. The van der Waals surface area contributed by atoms with Crippen molar-refractivity contribution >= 4 is 18.3 Å². The van der Waals surface area contributed by atoms with Crippen molar-refractivity contribution in [2.24, 2.45) is 0 Å². The smallest absolute Gasteiger partial charge is 0.227 e. The standard InChI is InChI=1S/C17H22N4O3.ClH/c1-12-11-21(10-9-18-12)16(22)8-7-15-19-17(20-24-15)13-3-5-14(23-2)6-4-13;/h3-6,12,18H,7-11H2,1-2H3;1H. The van der Waals surface area contributed by atoms with Crippen molar-refractivity contribution in [2.75, 3.05) is 26.7 Å². The molecule has 1 amide bonds. The molecule has 1 unspecified atom stereocenters. The lowest BCUT2D eigenvalue weighted by atomic mass is 10.2. The van der Waals surface area contributed by atoms with Gasteiger partial charge in [0.1, 0.15) is 5.75 Å². The number of aromatic nitrogens is 2. The highest BCUT2D eigenvalue weighted by Crippen LogP contribution is 2.20. The average molecular weight is 367 g/mol. The van der Waals surface area contributed by atoms with Crippen molar-refractivity contribution in [3.05, 3.63) is 30.2 Å². The summed E-state index contributed by atoms with van der Waals surface area (Å²) >= 11 is 0. The molecule has 1 aliphatic heterocycles. The van der Waals surface area contributed by atoms with Gasteiger partial charge in [-0.25, -0.2) is 0 Å². The third-order valence-corrected chi connectivity index (χ3v) is 4.09. The number of carbonyl (C=O) groups is 1. The fourth-order valence-corrected chi connectivity index (χ4v) is 2.74. The third-order valence-electron chi connectivity index (χ3n) is 4.09. The van der Waals surface area contributed by atoms with Crippen LogP contribution in [-0.4, -0.2) is 53.7 Å². The van der Waals surface area contributed by atoms with Crippen LogP contribution in [0.25, 0.3) is 11.4 Å². The number of nitrogens with one attached hydrogen (secondary N) is 1. The predicted octanol–water partition coefficient (Wildman–Crippen LogP) is 1.92. The van der Waals surface area contributed by atoms with E-state index in [9.17, 15) is 4.79 Å². The highest BCUT2D eigenvalue weighted by atomic mass is 35.5. The van der Waals surface area contributed by atoms with Crippen LogP contribution >= 0.6 is 12.4 Å². The second kappa shape index (κ2) is 8.82. The normalized spacial score (nSPS) is 17.0. The molecule has 2 aromatic rings. The molecule has 136 valence electrons. The van der Waals surface area contributed by atoms with Crippen molar-refractivity contribution < 1.29 is 14.1 Å².